The molecule has 1 amide bonds. The molecular formula is C14H21N3OS. The molecule has 1 aliphatic rings. The predicted molar refractivity (Wildman–Crippen MR) is 79.0 cm³/mol. The van der Waals surface area contributed by atoms with Crippen LogP contribution in [0.25, 0.3) is 0 Å². The first-order valence-corrected chi connectivity index (χ1v) is 7.89. The van der Waals surface area contributed by atoms with Crippen LogP contribution in [0.1, 0.15) is 19.0 Å². The summed E-state index contributed by atoms with van der Waals surface area (Å²) in [5, 5.41) is 6.47. The Labute approximate surface area is 118 Å². The number of thioether (sulfide) groups is 1. The third-order valence-corrected chi connectivity index (χ3v) is 4.31. The van der Waals surface area contributed by atoms with E-state index in [2.05, 4.69) is 22.5 Å². The molecule has 0 bridgehead atoms. The molecule has 104 valence electrons. The Hall–Kier alpha value is -1.07. The SMILES string of the molecule is CC1CNCCC1NC(=O)CSCc1ccccn1. The molecule has 0 aromatic carbocycles. The minimum absolute atomic E-state index is 0.139. The van der Waals surface area contributed by atoms with Gasteiger partial charge in [0.05, 0.1) is 11.4 Å². The molecule has 1 aromatic rings. The molecule has 4 nitrogen and oxygen atoms in total. The molecule has 2 unspecified atom stereocenters. The highest BCUT2D eigenvalue weighted by Gasteiger charge is 2.22. The van der Waals surface area contributed by atoms with Crippen LogP contribution in [0.3, 0.4) is 0 Å². The minimum atomic E-state index is 0.139. The van der Waals surface area contributed by atoms with Crippen LogP contribution in [0.15, 0.2) is 24.4 Å². The molecule has 1 saturated heterocycles. The number of carbonyl (C=O) groups excluding carboxylic acids is 1. The zero-order valence-electron chi connectivity index (χ0n) is 11.3. The van der Waals surface area contributed by atoms with Crippen molar-refractivity contribution in [1.82, 2.24) is 15.6 Å². The summed E-state index contributed by atoms with van der Waals surface area (Å²) in [6.07, 6.45) is 2.81. The average Bonchev–Trinajstić information content (AvgIpc) is 2.43. The Kier molecular flexibility index (Phi) is 5.66. The first kappa shape index (κ1) is 14.3. The summed E-state index contributed by atoms with van der Waals surface area (Å²) in [6.45, 7) is 4.17. The van der Waals surface area contributed by atoms with Gasteiger partial charge in [0.25, 0.3) is 0 Å². The fourth-order valence-corrected chi connectivity index (χ4v) is 2.96. The third-order valence-electron chi connectivity index (χ3n) is 3.34. The molecular weight excluding hydrogens is 258 g/mol. The highest BCUT2D eigenvalue weighted by atomic mass is 32.2. The van der Waals surface area contributed by atoms with Gasteiger partial charge in [0.2, 0.25) is 5.91 Å². The average molecular weight is 279 g/mol. The molecule has 0 aliphatic carbocycles. The minimum Gasteiger partial charge on any atom is -0.352 e. The fraction of sp³-hybridized carbons (Fsp3) is 0.571. The Bertz CT molecular complexity index is 399. The molecule has 2 rings (SSSR count). The molecule has 2 heterocycles. The van der Waals surface area contributed by atoms with E-state index in [-0.39, 0.29) is 5.91 Å². The van der Waals surface area contributed by atoms with Crippen molar-refractivity contribution >= 4 is 17.7 Å². The van der Waals surface area contributed by atoms with Crippen LogP contribution in [-0.4, -0.2) is 35.8 Å². The van der Waals surface area contributed by atoms with Crippen molar-refractivity contribution in [3.05, 3.63) is 30.1 Å². The van der Waals surface area contributed by atoms with Gasteiger partial charge < -0.3 is 10.6 Å². The monoisotopic (exact) mass is 279 g/mol. The van der Waals surface area contributed by atoms with Crippen LogP contribution in [0, 0.1) is 5.92 Å². The zero-order chi connectivity index (χ0) is 13.5. The first-order chi connectivity index (χ1) is 9.25. The topological polar surface area (TPSA) is 54.0 Å². The van der Waals surface area contributed by atoms with Gasteiger partial charge in [0.1, 0.15) is 0 Å². The van der Waals surface area contributed by atoms with Gasteiger partial charge in [-0.3, -0.25) is 9.78 Å². The van der Waals surface area contributed by atoms with Crippen LogP contribution in [0.4, 0.5) is 0 Å². The number of nitrogens with zero attached hydrogens (tertiary/aromatic N) is 1. The third kappa shape index (κ3) is 4.84. The standard InChI is InChI=1S/C14H21N3OS/c1-11-8-15-7-5-13(11)17-14(18)10-19-9-12-4-2-3-6-16-12/h2-4,6,11,13,15H,5,7-10H2,1H3,(H,17,18). The highest BCUT2D eigenvalue weighted by Crippen LogP contribution is 2.12. The van der Waals surface area contributed by atoms with Crippen LogP contribution in [0.5, 0.6) is 0 Å². The van der Waals surface area contributed by atoms with Gasteiger partial charge in [-0.1, -0.05) is 13.0 Å². The number of amides is 1. The lowest BCUT2D eigenvalue weighted by Gasteiger charge is -2.30. The molecule has 1 aromatic heterocycles. The predicted octanol–water partition coefficient (Wildman–Crippen LogP) is 1.43. The van der Waals surface area contributed by atoms with E-state index in [1.54, 1.807) is 18.0 Å². The number of rotatable bonds is 5. The van der Waals surface area contributed by atoms with Crippen LogP contribution < -0.4 is 10.6 Å². The van der Waals surface area contributed by atoms with E-state index in [1.165, 1.54) is 0 Å². The number of pyridine rings is 1. The maximum absolute atomic E-state index is 11.9. The van der Waals surface area contributed by atoms with Crippen LogP contribution in [0.2, 0.25) is 0 Å². The van der Waals surface area contributed by atoms with Gasteiger partial charge in [-0.2, -0.15) is 0 Å². The van der Waals surface area contributed by atoms with Crippen LogP contribution >= 0.6 is 11.8 Å². The van der Waals surface area contributed by atoms with Gasteiger partial charge in [-0.25, -0.2) is 0 Å². The fourth-order valence-electron chi connectivity index (χ4n) is 2.21. The summed E-state index contributed by atoms with van der Waals surface area (Å²) >= 11 is 1.61. The molecule has 0 saturated carbocycles. The van der Waals surface area contributed by atoms with E-state index in [1.807, 2.05) is 18.2 Å². The molecule has 0 radical (unpaired) electrons. The van der Waals surface area contributed by atoms with Crippen LogP contribution in [-0.2, 0) is 10.5 Å². The zero-order valence-corrected chi connectivity index (χ0v) is 12.1. The quantitative estimate of drug-likeness (QED) is 0.856. The van der Waals surface area contributed by atoms with Gasteiger partial charge in [0, 0.05) is 18.0 Å². The van der Waals surface area contributed by atoms with E-state index in [9.17, 15) is 4.79 Å². The summed E-state index contributed by atoms with van der Waals surface area (Å²) in [5.74, 6) is 1.95. The van der Waals surface area contributed by atoms with Gasteiger partial charge in [-0.15, -0.1) is 11.8 Å². The van der Waals surface area contributed by atoms with E-state index >= 15 is 0 Å². The van der Waals surface area contributed by atoms with Crippen molar-refractivity contribution in [3.8, 4) is 0 Å². The molecule has 5 heteroatoms. The Morgan fingerprint density at radius 1 is 1.58 bits per heavy atom. The lowest BCUT2D eigenvalue weighted by Crippen LogP contribution is -2.48. The van der Waals surface area contributed by atoms with Crippen molar-refractivity contribution in [2.45, 2.75) is 25.1 Å². The van der Waals surface area contributed by atoms with Gasteiger partial charge in [0.15, 0.2) is 0 Å². The van der Waals surface area contributed by atoms with E-state index < -0.39 is 0 Å². The molecule has 2 atom stereocenters. The maximum atomic E-state index is 11.9. The van der Waals surface area contributed by atoms with Crippen molar-refractivity contribution < 1.29 is 4.79 Å². The number of hydrogen-bond acceptors (Lipinski definition) is 4. The summed E-state index contributed by atoms with van der Waals surface area (Å²) in [6, 6.07) is 6.18. The van der Waals surface area contributed by atoms with E-state index in [0.29, 0.717) is 17.7 Å². The molecule has 19 heavy (non-hydrogen) atoms. The first-order valence-electron chi connectivity index (χ1n) is 6.73. The summed E-state index contributed by atoms with van der Waals surface area (Å²) in [7, 11) is 0. The smallest absolute Gasteiger partial charge is 0.230 e. The molecule has 1 fully saturated rings. The second kappa shape index (κ2) is 7.50. The molecule has 1 aliphatic heterocycles. The normalized spacial score (nSPS) is 23.0. The van der Waals surface area contributed by atoms with Crippen molar-refractivity contribution in [2.24, 2.45) is 5.92 Å². The second-order valence-corrected chi connectivity index (χ2v) is 5.94. The van der Waals surface area contributed by atoms with Crippen molar-refractivity contribution in [1.29, 1.82) is 0 Å². The molecule has 0 spiro atoms. The number of carbonyl (C=O) groups is 1. The Morgan fingerprint density at radius 2 is 2.47 bits per heavy atom. The van der Waals surface area contributed by atoms with Crippen molar-refractivity contribution in [2.75, 3.05) is 18.8 Å². The van der Waals surface area contributed by atoms with Gasteiger partial charge >= 0.3 is 0 Å². The summed E-state index contributed by atoms with van der Waals surface area (Å²) in [4.78, 5) is 16.1. The lowest BCUT2D eigenvalue weighted by atomic mass is 9.95. The summed E-state index contributed by atoms with van der Waals surface area (Å²) < 4.78 is 0. The largest absolute Gasteiger partial charge is 0.352 e. The maximum Gasteiger partial charge on any atom is 0.230 e. The Morgan fingerprint density at radius 3 is 3.21 bits per heavy atom. The second-order valence-electron chi connectivity index (χ2n) is 4.96. The van der Waals surface area contributed by atoms with E-state index in [0.717, 1.165) is 31.0 Å². The summed E-state index contributed by atoms with van der Waals surface area (Å²) in [5.41, 5.74) is 1.02. The highest BCUT2D eigenvalue weighted by molar-refractivity contribution is 7.99. The number of piperidine rings is 1. The number of aromatic nitrogens is 1. The number of hydrogen-bond donors (Lipinski definition) is 2. The number of nitrogens with one attached hydrogen (secondary N) is 2. The van der Waals surface area contributed by atoms with E-state index in [4.69, 9.17) is 0 Å². The molecule has 2 N–H and O–H groups in total. The Balaban J connectivity index is 1.67. The van der Waals surface area contributed by atoms with Crippen molar-refractivity contribution in [3.63, 3.8) is 0 Å². The lowest BCUT2D eigenvalue weighted by molar-refractivity contribution is -0.119. The van der Waals surface area contributed by atoms with Gasteiger partial charge in [-0.05, 0) is 37.6 Å².